The minimum atomic E-state index is -0.668. The molecule has 0 radical (unpaired) electrons. The molecule has 3 N–H and O–H groups in total. The summed E-state index contributed by atoms with van der Waals surface area (Å²) < 4.78 is 5.46. The van der Waals surface area contributed by atoms with Crippen LogP contribution in [-0.2, 0) is 14.3 Å². The van der Waals surface area contributed by atoms with E-state index in [2.05, 4.69) is 55.6 Å². The Kier molecular flexibility index (Phi) is 49.1. The van der Waals surface area contributed by atoms with Gasteiger partial charge in [0, 0.05) is 12.8 Å². The summed E-state index contributed by atoms with van der Waals surface area (Å²) in [6.07, 6.45) is 61.2. The van der Waals surface area contributed by atoms with Crippen molar-refractivity contribution >= 4 is 11.9 Å². The molecule has 0 heterocycles. The molecule has 61 heavy (non-hydrogen) atoms. The van der Waals surface area contributed by atoms with Crippen LogP contribution in [0.4, 0.5) is 0 Å². The van der Waals surface area contributed by atoms with E-state index < -0.39 is 12.1 Å². The fraction of sp³-hybridized carbons (Fsp3) is 0.855. The van der Waals surface area contributed by atoms with Crippen molar-refractivity contribution in [3.63, 3.8) is 0 Å². The number of hydrogen-bond acceptors (Lipinski definition) is 5. The van der Waals surface area contributed by atoms with E-state index in [0.29, 0.717) is 25.9 Å². The molecule has 0 aromatic carbocycles. The molecule has 1 amide bonds. The van der Waals surface area contributed by atoms with Crippen LogP contribution in [0.2, 0.25) is 0 Å². The molecule has 2 atom stereocenters. The number of ether oxygens (including phenoxy) is 1. The maximum Gasteiger partial charge on any atom is 0.305 e. The monoisotopic (exact) mass is 858 g/mol. The molecule has 0 aromatic rings. The summed E-state index contributed by atoms with van der Waals surface area (Å²) in [6.45, 7) is 4.88. The average molecular weight is 858 g/mol. The van der Waals surface area contributed by atoms with E-state index >= 15 is 0 Å². The van der Waals surface area contributed by atoms with E-state index in [9.17, 15) is 19.8 Å². The summed E-state index contributed by atoms with van der Waals surface area (Å²) in [7, 11) is 0. The third-order valence-corrected chi connectivity index (χ3v) is 12.2. The molecule has 0 saturated carbocycles. The van der Waals surface area contributed by atoms with Gasteiger partial charge in [-0.05, 0) is 77.0 Å². The molecule has 0 aliphatic heterocycles. The smallest absolute Gasteiger partial charge is 0.305 e. The Morgan fingerprint density at radius 2 is 0.836 bits per heavy atom. The normalized spacial score (nSPS) is 12.9. The third-order valence-electron chi connectivity index (χ3n) is 12.2. The van der Waals surface area contributed by atoms with Crippen LogP contribution in [0.15, 0.2) is 36.5 Å². The van der Waals surface area contributed by atoms with Gasteiger partial charge in [-0.2, -0.15) is 0 Å². The second-order valence-corrected chi connectivity index (χ2v) is 18.2. The molecule has 6 nitrogen and oxygen atoms in total. The van der Waals surface area contributed by atoms with E-state index in [1.54, 1.807) is 0 Å². The molecule has 6 heteroatoms. The van der Waals surface area contributed by atoms with Gasteiger partial charge in [0.1, 0.15) is 0 Å². The standard InChI is InChI=1S/C55H103NO5/c1-3-5-7-9-11-13-15-16-26-29-33-37-41-45-49-55(60)61-50-46-42-38-34-30-27-24-22-20-18-17-19-21-23-25-28-32-36-40-44-48-54(59)56-52(51-57)53(58)47-43-39-35-31-14-12-10-8-6-4-2/h9,11,15-17,19,52-53,57-58H,3-8,10,12-14,18,20-51H2,1-2H3,(H,56,59)/b11-9-,16-15-,19-17-. The van der Waals surface area contributed by atoms with Gasteiger partial charge in [0.25, 0.3) is 0 Å². The minimum Gasteiger partial charge on any atom is -0.466 e. The fourth-order valence-corrected chi connectivity index (χ4v) is 8.00. The zero-order valence-corrected chi connectivity index (χ0v) is 40.6. The molecule has 0 rings (SSSR count). The van der Waals surface area contributed by atoms with Gasteiger partial charge in [-0.1, -0.05) is 224 Å². The lowest BCUT2D eigenvalue weighted by Crippen LogP contribution is -2.45. The Hall–Kier alpha value is -1.92. The van der Waals surface area contributed by atoms with Crippen LogP contribution in [0, 0.1) is 0 Å². The van der Waals surface area contributed by atoms with Crippen molar-refractivity contribution in [1.29, 1.82) is 0 Å². The van der Waals surface area contributed by atoms with Gasteiger partial charge in [-0.25, -0.2) is 0 Å². The van der Waals surface area contributed by atoms with Crippen molar-refractivity contribution in [2.75, 3.05) is 13.2 Å². The van der Waals surface area contributed by atoms with E-state index in [0.717, 1.165) is 51.4 Å². The highest BCUT2D eigenvalue weighted by molar-refractivity contribution is 5.76. The molecule has 358 valence electrons. The number of unbranched alkanes of at least 4 members (excludes halogenated alkanes) is 32. The Morgan fingerprint density at radius 1 is 0.459 bits per heavy atom. The largest absolute Gasteiger partial charge is 0.466 e. The molecular weight excluding hydrogens is 755 g/mol. The van der Waals surface area contributed by atoms with Crippen LogP contribution in [0.3, 0.4) is 0 Å². The molecule has 2 unspecified atom stereocenters. The van der Waals surface area contributed by atoms with Gasteiger partial charge in [-0.15, -0.1) is 0 Å². The molecule has 0 spiro atoms. The van der Waals surface area contributed by atoms with Crippen molar-refractivity contribution in [3.05, 3.63) is 36.5 Å². The van der Waals surface area contributed by atoms with Crippen LogP contribution in [-0.4, -0.2) is 47.4 Å². The predicted octanol–water partition coefficient (Wildman–Crippen LogP) is 16.1. The zero-order chi connectivity index (χ0) is 44.4. The van der Waals surface area contributed by atoms with Crippen LogP contribution < -0.4 is 5.32 Å². The number of allylic oxidation sites excluding steroid dienone is 6. The number of carbonyl (C=O) groups is 2. The lowest BCUT2D eigenvalue weighted by atomic mass is 10.0. The van der Waals surface area contributed by atoms with Gasteiger partial charge in [-0.3, -0.25) is 9.59 Å². The Balaban J connectivity index is 3.43. The van der Waals surface area contributed by atoms with Gasteiger partial charge in [0.15, 0.2) is 0 Å². The van der Waals surface area contributed by atoms with Crippen molar-refractivity contribution in [2.24, 2.45) is 0 Å². The van der Waals surface area contributed by atoms with Crippen molar-refractivity contribution in [2.45, 2.75) is 289 Å². The van der Waals surface area contributed by atoms with E-state index in [1.807, 2.05) is 0 Å². The number of rotatable bonds is 49. The highest BCUT2D eigenvalue weighted by Gasteiger charge is 2.20. The van der Waals surface area contributed by atoms with Gasteiger partial charge in [0.2, 0.25) is 5.91 Å². The van der Waals surface area contributed by atoms with Crippen LogP contribution in [0.5, 0.6) is 0 Å². The van der Waals surface area contributed by atoms with E-state index in [-0.39, 0.29) is 18.5 Å². The second-order valence-electron chi connectivity index (χ2n) is 18.2. The Labute approximate surface area is 379 Å². The van der Waals surface area contributed by atoms with Gasteiger partial charge < -0.3 is 20.3 Å². The maximum atomic E-state index is 12.4. The minimum absolute atomic E-state index is 0.00903. The summed E-state index contributed by atoms with van der Waals surface area (Å²) in [5.41, 5.74) is 0. The first-order valence-electron chi connectivity index (χ1n) is 26.7. The molecule has 0 bridgehead atoms. The van der Waals surface area contributed by atoms with Crippen molar-refractivity contribution in [1.82, 2.24) is 5.32 Å². The molecule has 0 fully saturated rings. The van der Waals surface area contributed by atoms with Crippen molar-refractivity contribution < 1.29 is 24.5 Å². The molecule has 0 saturated heterocycles. The molecule has 0 aliphatic rings. The average Bonchev–Trinajstić information content (AvgIpc) is 3.26. The SMILES string of the molecule is CCCC/C=C\C/C=C\CCCCCCCC(=O)OCCCCCCCCCCC/C=C\CCCCCCCCCC(=O)NC(CO)C(O)CCCCCCCCCCCC. The van der Waals surface area contributed by atoms with Gasteiger partial charge >= 0.3 is 5.97 Å². The Morgan fingerprint density at radius 3 is 1.31 bits per heavy atom. The second kappa shape index (κ2) is 50.7. The number of nitrogens with one attached hydrogen (secondary N) is 1. The first-order valence-corrected chi connectivity index (χ1v) is 26.7. The topological polar surface area (TPSA) is 95.9 Å². The van der Waals surface area contributed by atoms with Crippen LogP contribution in [0.25, 0.3) is 0 Å². The van der Waals surface area contributed by atoms with Gasteiger partial charge in [0.05, 0.1) is 25.4 Å². The summed E-state index contributed by atoms with van der Waals surface area (Å²) in [5, 5.41) is 23.1. The third kappa shape index (κ3) is 47.4. The predicted molar refractivity (Wildman–Crippen MR) is 264 cm³/mol. The van der Waals surface area contributed by atoms with E-state index in [4.69, 9.17) is 4.74 Å². The Bertz CT molecular complexity index is 993. The number of hydrogen-bond donors (Lipinski definition) is 3. The number of esters is 1. The molecule has 0 aromatic heterocycles. The summed E-state index contributed by atoms with van der Waals surface area (Å²) in [5.74, 6) is -0.0553. The number of amides is 1. The highest BCUT2D eigenvalue weighted by atomic mass is 16.5. The molecular formula is C55H103NO5. The summed E-state index contributed by atoms with van der Waals surface area (Å²) in [6, 6.07) is -0.546. The molecule has 0 aliphatic carbocycles. The lowest BCUT2D eigenvalue weighted by molar-refractivity contribution is -0.143. The maximum absolute atomic E-state index is 12.4. The first-order chi connectivity index (χ1) is 30.0. The van der Waals surface area contributed by atoms with Crippen LogP contribution >= 0.6 is 0 Å². The number of aliphatic hydroxyl groups excluding tert-OH is 2. The highest BCUT2D eigenvalue weighted by Crippen LogP contribution is 2.16. The van der Waals surface area contributed by atoms with Crippen molar-refractivity contribution in [3.8, 4) is 0 Å². The van der Waals surface area contributed by atoms with Crippen LogP contribution in [0.1, 0.15) is 277 Å². The number of carbonyl (C=O) groups excluding carboxylic acids is 2. The summed E-state index contributed by atoms with van der Waals surface area (Å²) in [4.78, 5) is 24.4. The first kappa shape index (κ1) is 59.1. The lowest BCUT2D eigenvalue weighted by Gasteiger charge is -2.22. The van der Waals surface area contributed by atoms with E-state index in [1.165, 1.54) is 193 Å². The zero-order valence-electron chi connectivity index (χ0n) is 40.6. The number of aliphatic hydroxyl groups is 2. The summed E-state index contributed by atoms with van der Waals surface area (Å²) >= 11 is 0. The quantitative estimate of drug-likeness (QED) is 0.0322. The fourth-order valence-electron chi connectivity index (χ4n) is 8.00.